The van der Waals surface area contributed by atoms with Gasteiger partial charge in [-0.05, 0) is 56.3 Å². The van der Waals surface area contributed by atoms with Crippen LogP contribution in [0.15, 0.2) is 48.5 Å². The van der Waals surface area contributed by atoms with Gasteiger partial charge in [-0.2, -0.15) is 0 Å². The summed E-state index contributed by atoms with van der Waals surface area (Å²) >= 11 is 5.87. The minimum Gasteiger partial charge on any atom is -0.484 e. The maximum Gasteiger partial charge on any atom is 0.262 e. The fourth-order valence-corrected chi connectivity index (χ4v) is 2.49. The standard InChI is InChI=1S/C19H21ClN2O3/c1-3-22(4-2)19(24)14-8-10-17(11-9-14)25-13-18(23)21-16-7-5-6-15(20)12-16/h5-12H,3-4,13H2,1-2H3,(H,21,23). The van der Waals surface area contributed by atoms with Crippen molar-refractivity contribution in [2.45, 2.75) is 13.8 Å². The Balaban J connectivity index is 1.89. The first kappa shape index (κ1) is 18.8. The average molecular weight is 361 g/mol. The Morgan fingerprint density at radius 2 is 1.76 bits per heavy atom. The van der Waals surface area contributed by atoms with Gasteiger partial charge >= 0.3 is 0 Å². The van der Waals surface area contributed by atoms with Crippen molar-refractivity contribution in [1.29, 1.82) is 0 Å². The number of hydrogen-bond donors (Lipinski definition) is 1. The lowest BCUT2D eigenvalue weighted by atomic mass is 10.2. The lowest BCUT2D eigenvalue weighted by Crippen LogP contribution is -2.30. The molecular weight excluding hydrogens is 340 g/mol. The second-order valence-electron chi connectivity index (χ2n) is 5.35. The predicted octanol–water partition coefficient (Wildman–Crippen LogP) is 3.84. The Morgan fingerprint density at radius 3 is 2.36 bits per heavy atom. The minimum atomic E-state index is -0.287. The number of rotatable bonds is 7. The van der Waals surface area contributed by atoms with Crippen molar-refractivity contribution in [1.82, 2.24) is 4.90 Å². The number of hydrogen-bond acceptors (Lipinski definition) is 3. The van der Waals surface area contributed by atoms with Crippen LogP contribution in [0.1, 0.15) is 24.2 Å². The fourth-order valence-electron chi connectivity index (χ4n) is 2.30. The number of nitrogens with one attached hydrogen (secondary N) is 1. The Labute approximate surface area is 152 Å². The van der Waals surface area contributed by atoms with Crippen molar-refractivity contribution in [2.24, 2.45) is 0 Å². The van der Waals surface area contributed by atoms with E-state index in [1.54, 1.807) is 53.4 Å². The van der Waals surface area contributed by atoms with E-state index in [1.165, 1.54) is 0 Å². The highest BCUT2D eigenvalue weighted by atomic mass is 35.5. The molecule has 0 aromatic heterocycles. The maximum atomic E-state index is 12.2. The van der Waals surface area contributed by atoms with Crippen molar-refractivity contribution in [3.05, 3.63) is 59.1 Å². The van der Waals surface area contributed by atoms with Crippen molar-refractivity contribution >= 4 is 29.1 Å². The van der Waals surface area contributed by atoms with Crippen molar-refractivity contribution in [2.75, 3.05) is 25.0 Å². The number of carbonyl (C=O) groups is 2. The first-order chi connectivity index (χ1) is 12.0. The molecule has 0 bridgehead atoms. The van der Waals surface area contributed by atoms with Gasteiger partial charge in [0.25, 0.3) is 11.8 Å². The predicted molar refractivity (Wildman–Crippen MR) is 99.3 cm³/mol. The molecule has 132 valence electrons. The van der Waals surface area contributed by atoms with Gasteiger partial charge < -0.3 is 15.0 Å². The quantitative estimate of drug-likeness (QED) is 0.816. The summed E-state index contributed by atoms with van der Waals surface area (Å²) in [7, 11) is 0. The summed E-state index contributed by atoms with van der Waals surface area (Å²) in [5.41, 5.74) is 1.21. The highest BCUT2D eigenvalue weighted by molar-refractivity contribution is 6.30. The molecular formula is C19H21ClN2O3. The van der Waals surface area contributed by atoms with Crippen LogP contribution in [-0.4, -0.2) is 36.4 Å². The highest BCUT2D eigenvalue weighted by Crippen LogP contribution is 2.16. The molecule has 2 amide bonds. The fraction of sp³-hybridized carbons (Fsp3) is 0.263. The molecule has 25 heavy (non-hydrogen) atoms. The van der Waals surface area contributed by atoms with E-state index in [0.717, 1.165) is 0 Å². The number of benzene rings is 2. The van der Waals surface area contributed by atoms with Crippen molar-refractivity contribution in [3.63, 3.8) is 0 Å². The number of amides is 2. The summed E-state index contributed by atoms with van der Waals surface area (Å²) < 4.78 is 5.45. The molecule has 2 rings (SSSR count). The normalized spacial score (nSPS) is 10.2. The van der Waals surface area contributed by atoms with Crippen LogP contribution in [0.5, 0.6) is 5.75 Å². The Kier molecular flexibility index (Phi) is 6.83. The van der Waals surface area contributed by atoms with Crippen LogP contribution in [0, 0.1) is 0 Å². The number of carbonyl (C=O) groups excluding carboxylic acids is 2. The van der Waals surface area contributed by atoms with Crippen LogP contribution in [0.25, 0.3) is 0 Å². The largest absolute Gasteiger partial charge is 0.484 e. The second-order valence-corrected chi connectivity index (χ2v) is 5.79. The van der Waals surface area contributed by atoms with Gasteiger partial charge in [0, 0.05) is 29.4 Å². The summed E-state index contributed by atoms with van der Waals surface area (Å²) in [6.07, 6.45) is 0. The van der Waals surface area contributed by atoms with Crippen LogP contribution in [0.3, 0.4) is 0 Å². The summed E-state index contributed by atoms with van der Waals surface area (Å²) in [4.78, 5) is 25.9. The van der Waals surface area contributed by atoms with E-state index in [-0.39, 0.29) is 18.4 Å². The third kappa shape index (κ3) is 5.50. The van der Waals surface area contributed by atoms with Gasteiger partial charge in [-0.25, -0.2) is 0 Å². The lowest BCUT2D eigenvalue weighted by molar-refractivity contribution is -0.118. The summed E-state index contributed by atoms with van der Waals surface area (Å²) in [6.45, 7) is 5.08. The molecule has 0 aliphatic heterocycles. The zero-order valence-electron chi connectivity index (χ0n) is 14.3. The number of ether oxygens (including phenoxy) is 1. The number of halogens is 1. The van der Waals surface area contributed by atoms with Crippen LogP contribution in [-0.2, 0) is 4.79 Å². The molecule has 5 nitrogen and oxygen atoms in total. The smallest absolute Gasteiger partial charge is 0.262 e. The van der Waals surface area contributed by atoms with Gasteiger partial charge in [0.2, 0.25) is 0 Å². The molecule has 0 heterocycles. The summed E-state index contributed by atoms with van der Waals surface area (Å²) in [5, 5.41) is 3.25. The molecule has 0 aliphatic rings. The Hall–Kier alpha value is -2.53. The van der Waals surface area contributed by atoms with Gasteiger partial charge in [0.1, 0.15) is 5.75 Å². The molecule has 0 saturated carbocycles. The zero-order valence-corrected chi connectivity index (χ0v) is 15.0. The van der Waals surface area contributed by atoms with Crippen LogP contribution >= 0.6 is 11.6 Å². The molecule has 2 aromatic carbocycles. The van der Waals surface area contributed by atoms with E-state index in [0.29, 0.717) is 35.1 Å². The summed E-state index contributed by atoms with van der Waals surface area (Å²) in [6, 6.07) is 13.7. The molecule has 0 radical (unpaired) electrons. The van der Waals surface area contributed by atoms with Crippen LogP contribution < -0.4 is 10.1 Å². The molecule has 0 saturated heterocycles. The van der Waals surface area contributed by atoms with E-state index in [4.69, 9.17) is 16.3 Å². The zero-order chi connectivity index (χ0) is 18.2. The van der Waals surface area contributed by atoms with E-state index in [9.17, 15) is 9.59 Å². The molecule has 0 spiro atoms. The first-order valence-corrected chi connectivity index (χ1v) is 8.48. The van der Waals surface area contributed by atoms with E-state index in [2.05, 4.69) is 5.32 Å². The topological polar surface area (TPSA) is 58.6 Å². The molecule has 1 N–H and O–H groups in total. The van der Waals surface area contributed by atoms with Gasteiger partial charge in [0.05, 0.1) is 0 Å². The monoisotopic (exact) mass is 360 g/mol. The maximum absolute atomic E-state index is 12.2. The van der Waals surface area contributed by atoms with E-state index >= 15 is 0 Å². The molecule has 0 aliphatic carbocycles. The lowest BCUT2D eigenvalue weighted by Gasteiger charge is -2.18. The first-order valence-electron chi connectivity index (χ1n) is 8.11. The SMILES string of the molecule is CCN(CC)C(=O)c1ccc(OCC(=O)Nc2cccc(Cl)c2)cc1. The average Bonchev–Trinajstić information content (AvgIpc) is 2.61. The second kappa shape index (κ2) is 9.08. The van der Waals surface area contributed by atoms with E-state index < -0.39 is 0 Å². The highest BCUT2D eigenvalue weighted by Gasteiger charge is 2.12. The molecule has 6 heteroatoms. The van der Waals surface area contributed by atoms with Crippen LogP contribution in [0.4, 0.5) is 5.69 Å². The minimum absolute atomic E-state index is 0.0183. The molecule has 2 aromatic rings. The van der Waals surface area contributed by atoms with Crippen LogP contribution in [0.2, 0.25) is 5.02 Å². The molecule has 0 fully saturated rings. The Morgan fingerprint density at radius 1 is 1.08 bits per heavy atom. The van der Waals surface area contributed by atoms with Crippen molar-refractivity contribution < 1.29 is 14.3 Å². The van der Waals surface area contributed by atoms with Gasteiger partial charge in [-0.1, -0.05) is 17.7 Å². The molecule has 0 atom stereocenters. The van der Waals surface area contributed by atoms with Gasteiger partial charge in [-0.3, -0.25) is 9.59 Å². The Bertz CT molecular complexity index is 728. The third-order valence-corrected chi connectivity index (χ3v) is 3.87. The van der Waals surface area contributed by atoms with Gasteiger partial charge in [0.15, 0.2) is 6.61 Å². The third-order valence-electron chi connectivity index (χ3n) is 3.63. The van der Waals surface area contributed by atoms with E-state index in [1.807, 2.05) is 13.8 Å². The summed E-state index contributed by atoms with van der Waals surface area (Å²) in [5.74, 6) is 0.221. The van der Waals surface area contributed by atoms with Gasteiger partial charge in [-0.15, -0.1) is 0 Å². The number of anilines is 1. The molecule has 0 unspecified atom stereocenters. The number of nitrogens with zero attached hydrogens (tertiary/aromatic N) is 1. The van der Waals surface area contributed by atoms with Crippen molar-refractivity contribution in [3.8, 4) is 5.75 Å².